The standard InChI is InChI=1S/C11H15NS/c1-8(13)11(6-7-11)9-4-2-3-5-10(9)12/h2-5,8,13H,6-7,12H2,1H3. The van der Waals surface area contributed by atoms with E-state index in [0.29, 0.717) is 5.25 Å². The lowest BCUT2D eigenvalue weighted by Crippen LogP contribution is -2.19. The fraction of sp³-hybridized carbons (Fsp3) is 0.455. The molecule has 0 heterocycles. The van der Waals surface area contributed by atoms with Gasteiger partial charge < -0.3 is 5.73 Å². The number of rotatable bonds is 2. The number of hydrogen-bond donors (Lipinski definition) is 2. The summed E-state index contributed by atoms with van der Waals surface area (Å²) in [4.78, 5) is 0. The monoisotopic (exact) mass is 193 g/mol. The maximum absolute atomic E-state index is 5.95. The molecule has 2 heteroatoms. The molecule has 0 saturated heterocycles. The first kappa shape index (κ1) is 8.95. The zero-order valence-corrected chi connectivity index (χ0v) is 8.72. The van der Waals surface area contributed by atoms with Crippen LogP contribution >= 0.6 is 12.6 Å². The average Bonchev–Trinajstić information content (AvgIpc) is 2.85. The zero-order valence-electron chi connectivity index (χ0n) is 7.83. The molecule has 1 aliphatic rings. The maximum atomic E-state index is 5.95. The minimum atomic E-state index is 0.272. The van der Waals surface area contributed by atoms with Gasteiger partial charge in [0.15, 0.2) is 0 Å². The number of nitrogens with two attached hydrogens (primary N) is 1. The van der Waals surface area contributed by atoms with Crippen molar-refractivity contribution in [1.29, 1.82) is 0 Å². The molecule has 1 atom stereocenters. The third-order valence-electron chi connectivity index (χ3n) is 3.09. The van der Waals surface area contributed by atoms with Crippen LogP contribution in [0.2, 0.25) is 0 Å². The van der Waals surface area contributed by atoms with Crippen molar-refractivity contribution in [1.82, 2.24) is 0 Å². The van der Waals surface area contributed by atoms with Gasteiger partial charge in [0, 0.05) is 16.4 Å². The smallest absolute Gasteiger partial charge is 0.0352 e. The summed E-state index contributed by atoms with van der Waals surface area (Å²) < 4.78 is 0. The van der Waals surface area contributed by atoms with E-state index in [1.54, 1.807) is 0 Å². The van der Waals surface area contributed by atoms with E-state index >= 15 is 0 Å². The summed E-state index contributed by atoms with van der Waals surface area (Å²) in [6.07, 6.45) is 2.46. The van der Waals surface area contributed by atoms with E-state index in [1.165, 1.54) is 18.4 Å². The third kappa shape index (κ3) is 1.33. The number of hydrogen-bond acceptors (Lipinski definition) is 2. The normalized spacial score (nSPS) is 21.1. The van der Waals surface area contributed by atoms with Gasteiger partial charge in [0.05, 0.1) is 0 Å². The Labute approximate surface area is 84.7 Å². The van der Waals surface area contributed by atoms with Crippen molar-refractivity contribution in [3.05, 3.63) is 29.8 Å². The average molecular weight is 193 g/mol. The summed E-state index contributed by atoms with van der Waals surface area (Å²) in [5, 5.41) is 0.400. The minimum Gasteiger partial charge on any atom is -0.398 e. The van der Waals surface area contributed by atoms with E-state index in [0.717, 1.165) is 5.69 Å². The lowest BCUT2D eigenvalue weighted by molar-refractivity contribution is 0.688. The molecule has 0 bridgehead atoms. The molecule has 1 nitrogen and oxygen atoms in total. The molecular formula is C11H15NS. The first-order valence-corrected chi connectivity index (χ1v) is 5.21. The van der Waals surface area contributed by atoms with Gasteiger partial charge in [-0.3, -0.25) is 0 Å². The van der Waals surface area contributed by atoms with Gasteiger partial charge in [-0.2, -0.15) is 12.6 Å². The number of benzene rings is 1. The molecule has 1 unspecified atom stereocenters. The molecule has 0 amide bonds. The second-order valence-electron chi connectivity index (χ2n) is 3.92. The van der Waals surface area contributed by atoms with Crippen molar-refractivity contribution in [2.45, 2.75) is 30.4 Å². The molecule has 2 rings (SSSR count). The number of anilines is 1. The molecule has 1 saturated carbocycles. The van der Waals surface area contributed by atoms with E-state index in [9.17, 15) is 0 Å². The first-order chi connectivity index (χ1) is 6.17. The highest BCUT2D eigenvalue weighted by atomic mass is 32.1. The molecular weight excluding hydrogens is 178 g/mol. The molecule has 1 aromatic carbocycles. The summed E-state index contributed by atoms with van der Waals surface area (Å²) in [6, 6.07) is 8.15. The molecule has 1 aromatic rings. The summed E-state index contributed by atoms with van der Waals surface area (Å²) in [5.41, 5.74) is 8.43. The fourth-order valence-electron chi connectivity index (χ4n) is 2.00. The molecule has 13 heavy (non-hydrogen) atoms. The van der Waals surface area contributed by atoms with Crippen LogP contribution in [0.5, 0.6) is 0 Å². The highest BCUT2D eigenvalue weighted by Crippen LogP contribution is 2.54. The highest BCUT2D eigenvalue weighted by Gasteiger charge is 2.48. The fourth-order valence-corrected chi connectivity index (χ4v) is 2.39. The summed E-state index contributed by atoms with van der Waals surface area (Å²) in [6.45, 7) is 2.16. The molecule has 0 spiro atoms. The van der Waals surface area contributed by atoms with E-state index < -0.39 is 0 Å². The maximum Gasteiger partial charge on any atom is 0.0352 e. The predicted octanol–water partition coefficient (Wildman–Crippen LogP) is 2.62. The van der Waals surface area contributed by atoms with Crippen molar-refractivity contribution in [3.8, 4) is 0 Å². The summed E-state index contributed by atoms with van der Waals surface area (Å²) in [7, 11) is 0. The highest BCUT2D eigenvalue weighted by molar-refractivity contribution is 7.81. The predicted molar refractivity (Wildman–Crippen MR) is 60.2 cm³/mol. The lowest BCUT2D eigenvalue weighted by atomic mass is 9.91. The first-order valence-electron chi connectivity index (χ1n) is 4.70. The van der Waals surface area contributed by atoms with Gasteiger partial charge >= 0.3 is 0 Å². The van der Waals surface area contributed by atoms with Crippen LogP contribution in [0.3, 0.4) is 0 Å². The molecule has 1 aliphatic carbocycles. The summed E-state index contributed by atoms with van der Waals surface area (Å²) >= 11 is 4.54. The van der Waals surface area contributed by atoms with Crippen molar-refractivity contribution < 1.29 is 0 Å². The molecule has 0 radical (unpaired) electrons. The van der Waals surface area contributed by atoms with Crippen LogP contribution in [-0.2, 0) is 5.41 Å². The van der Waals surface area contributed by atoms with Crippen molar-refractivity contribution in [3.63, 3.8) is 0 Å². The third-order valence-corrected chi connectivity index (χ3v) is 3.58. The second kappa shape index (κ2) is 2.95. The van der Waals surface area contributed by atoms with Crippen molar-refractivity contribution in [2.24, 2.45) is 0 Å². The van der Waals surface area contributed by atoms with Crippen LogP contribution in [0.4, 0.5) is 5.69 Å². The minimum absolute atomic E-state index is 0.272. The lowest BCUT2D eigenvalue weighted by Gasteiger charge is -2.20. The molecule has 0 aromatic heterocycles. The van der Waals surface area contributed by atoms with Crippen LogP contribution in [-0.4, -0.2) is 5.25 Å². The summed E-state index contributed by atoms with van der Waals surface area (Å²) in [5.74, 6) is 0. The number of thiol groups is 1. The van der Waals surface area contributed by atoms with Gasteiger partial charge in [-0.05, 0) is 24.5 Å². The topological polar surface area (TPSA) is 26.0 Å². The van der Waals surface area contributed by atoms with Gasteiger partial charge in [0.1, 0.15) is 0 Å². The van der Waals surface area contributed by atoms with E-state index in [4.69, 9.17) is 5.73 Å². The largest absolute Gasteiger partial charge is 0.398 e. The molecule has 2 N–H and O–H groups in total. The molecule has 0 aliphatic heterocycles. The molecule has 70 valence electrons. The van der Waals surface area contributed by atoms with Crippen LogP contribution in [0.25, 0.3) is 0 Å². The van der Waals surface area contributed by atoms with Crippen LogP contribution < -0.4 is 5.73 Å². The van der Waals surface area contributed by atoms with Gasteiger partial charge in [-0.1, -0.05) is 25.1 Å². The van der Waals surface area contributed by atoms with Gasteiger partial charge in [0.25, 0.3) is 0 Å². The zero-order chi connectivity index (χ0) is 9.47. The second-order valence-corrected chi connectivity index (χ2v) is 4.69. The number of nitrogen functional groups attached to an aromatic ring is 1. The van der Waals surface area contributed by atoms with Gasteiger partial charge in [-0.15, -0.1) is 0 Å². The Hall–Kier alpha value is -0.630. The Morgan fingerprint density at radius 3 is 2.46 bits per heavy atom. The Balaban J connectivity index is 2.41. The van der Waals surface area contributed by atoms with Crippen LogP contribution in [0.1, 0.15) is 25.3 Å². The van der Waals surface area contributed by atoms with Gasteiger partial charge in [0.2, 0.25) is 0 Å². The Kier molecular flexibility index (Phi) is 2.03. The van der Waals surface area contributed by atoms with E-state index in [1.807, 2.05) is 12.1 Å². The quantitative estimate of drug-likeness (QED) is 0.548. The van der Waals surface area contributed by atoms with Crippen molar-refractivity contribution >= 4 is 18.3 Å². The van der Waals surface area contributed by atoms with E-state index in [-0.39, 0.29) is 5.41 Å². The Morgan fingerprint density at radius 2 is 2.00 bits per heavy atom. The molecule has 1 fully saturated rings. The van der Waals surface area contributed by atoms with E-state index in [2.05, 4.69) is 31.7 Å². The van der Waals surface area contributed by atoms with Gasteiger partial charge in [-0.25, -0.2) is 0 Å². The van der Waals surface area contributed by atoms with Crippen LogP contribution in [0.15, 0.2) is 24.3 Å². The van der Waals surface area contributed by atoms with Crippen molar-refractivity contribution in [2.75, 3.05) is 5.73 Å². The Morgan fingerprint density at radius 1 is 1.38 bits per heavy atom. The SMILES string of the molecule is CC(S)C1(c2ccccc2N)CC1. The Bertz CT molecular complexity index is 316. The number of para-hydroxylation sites is 1. The van der Waals surface area contributed by atoms with Crippen LogP contribution in [0, 0.1) is 0 Å².